The smallest absolute Gasteiger partial charge is 0.293 e. The summed E-state index contributed by atoms with van der Waals surface area (Å²) in [5.74, 6) is 0.664. The average Bonchev–Trinajstić information content (AvgIpc) is 2.85. The number of methoxy groups -OCH3 is 1. The summed E-state index contributed by atoms with van der Waals surface area (Å²) in [4.78, 5) is 1.18. The van der Waals surface area contributed by atoms with Crippen LogP contribution in [0.5, 0.6) is 5.95 Å². The number of thiophene rings is 1. The van der Waals surface area contributed by atoms with Gasteiger partial charge in [-0.3, -0.25) is 0 Å². The van der Waals surface area contributed by atoms with Crippen LogP contribution in [0.1, 0.15) is 26.1 Å². The lowest BCUT2D eigenvalue weighted by atomic mass is 9.95. The molecular formula is C12H15O2PS. The summed E-state index contributed by atoms with van der Waals surface area (Å²) < 4.78 is 11.1. The van der Waals surface area contributed by atoms with Gasteiger partial charge in [0.2, 0.25) is 0 Å². The summed E-state index contributed by atoms with van der Waals surface area (Å²) >= 11 is 1.69. The molecule has 0 atom stereocenters. The molecule has 0 aliphatic carbocycles. The van der Waals surface area contributed by atoms with Crippen molar-refractivity contribution in [2.75, 3.05) is 7.11 Å². The topological polar surface area (TPSA) is 22.4 Å². The van der Waals surface area contributed by atoms with Gasteiger partial charge in [0.1, 0.15) is 0 Å². The van der Waals surface area contributed by atoms with Crippen LogP contribution in [0, 0.1) is 0 Å². The van der Waals surface area contributed by atoms with Gasteiger partial charge in [-0.15, -0.1) is 11.3 Å². The van der Waals surface area contributed by atoms with Crippen molar-refractivity contribution in [2.45, 2.75) is 26.2 Å². The Morgan fingerprint density at radius 1 is 1.38 bits per heavy atom. The lowest BCUT2D eigenvalue weighted by Gasteiger charge is -2.15. The Morgan fingerprint density at radius 2 is 2.12 bits per heavy atom. The summed E-state index contributed by atoms with van der Waals surface area (Å²) in [6, 6.07) is 4.11. The molecule has 16 heavy (non-hydrogen) atoms. The van der Waals surface area contributed by atoms with Crippen molar-refractivity contribution in [1.29, 1.82) is 0 Å². The molecule has 0 saturated heterocycles. The first-order valence-corrected chi connectivity index (χ1v) is 6.89. The molecule has 0 aromatic carbocycles. The Hall–Kier alpha value is -0.790. The maximum atomic E-state index is 5.77. The molecule has 0 amide bonds. The Labute approximate surface area is 101 Å². The number of hydrogen-bond acceptors (Lipinski definition) is 3. The average molecular weight is 254 g/mol. The van der Waals surface area contributed by atoms with Crippen LogP contribution in [0.4, 0.5) is 0 Å². The zero-order chi connectivity index (χ0) is 11.8. The standard InChI is InChI=1S/C12H15O2PS/c1-12(2,3)9-10(13-4)14-11(15-9)8-6-5-7-16-8/h5-7H,1-4H3. The van der Waals surface area contributed by atoms with Crippen molar-refractivity contribution in [3.63, 3.8) is 0 Å². The third kappa shape index (κ3) is 2.16. The molecule has 0 aliphatic rings. The predicted octanol–water partition coefficient (Wildman–Crippen LogP) is 4.89. The van der Waals surface area contributed by atoms with Crippen LogP contribution >= 0.6 is 19.5 Å². The Bertz CT molecular complexity index is 466. The molecule has 0 radical (unpaired) electrons. The van der Waals surface area contributed by atoms with Crippen molar-refractivity contribution >= 4 is 19.5 Å². The van der Waals surface area contributed by atoms with E-state index >= 15 is 0 Å². The molecule has 86 valence electrons. The molecule has 2 rings (SSSR count). The fourth-order valence-corrected chi connectivity index (χ4v) is 3.40. The highest BCUT2D eigenvalue weighted by Gasteiger charge is 2.25. The van der Waals surface area contributed by atoms with Crippen molar-refractivity contribution in [3.8, 4) is 16.3 Å². The molecule has 2 aromatic rings. The van der Waals surface area contributed by atoms with E-state index in [4.69, 9.17) is 9.15 Å². The third-order valence-electron chi connectivity index (χ3n) is 2.22. The van der Waals surface area contributed by atoms with Crippen molar-refractivity contribution < 1.29 is 9.15 Å². The minimum Gasteiger partial charge on any atom is -0.468 e. The molecule has 0 N–H and O–H groups in total. The van der Waals surface area contributed by atoms with Gasteiger partial charge < -0.3 is 9.15 Å². The fourth-order valence-electron chi connectivity index (χ4n) is 1.42. The fraction of sp³-hybridized carbons (Fsp3) is 0.417. The largest absolute Gasteiger partial charge is 0.468 e. The van der Waals surface area contributed by atoms with E-state index in [2.05, 4.69) is 32.2 Å². The summed E-state index contributed by atoms with van der Waals surface area (Å²) in [6.07, 6.45) is 0. The SMILES string of the molecule is COc1oc(-c2cccs2)pc1C(C)(C)C. The molecule has 0 unspecified atom stereocenters. The van der Waals surface area contributed by atoms with E-state index in [1.807, 2.05) is 6.07 Å². The molecule has 4 heteroatoms. The van der Waals surface area contributed by atoms with Gasteiger partial charge in [0.15, 0.2) is 5.49 Å². The lowest BCUT2D eigenvalue weighted by Crippen LogP contribution is -2.09. The van der Waals surface area contributed by atoms with Crippen LogP contribution in [-0.2, 0) is 5.41 Å². The highest BCUT2D eigenvalue weighted by Crippen LogP contribution is 2.47. The first-order valence-electron chi connectivity index (χ1n) is 5.11. The quantitative estimate of drug-likeness (QED) is 0.761. The first kappa shape index (κ1) is 11.7. The molecule has 2 heterocycles. The van der Waals surface area contributed by atoms with E-state index in [0.29, 0.717) is 5.95 Å². The lowest BCUT2D eigenvalue weighted by molar-refractivity contribution is 0.298. The van der Waals surface area contributed by atoms with Gasteiger partial charge in [0.05, 0.1) is 17.3 Å². The molecule has 0 saturated carbocycles. The zero-order valence-electron chi connectivity index (χ0n) is 9.90. The van der Waals surface area contributed by atoms with Crippen LogP contribution in [0.2, 0.25) is 0 Å². The predicted molar refractivity (Wildman–Crippen MR) is 69.8 cm³/mol. The summed E-state index contributed by atoms with van der Waals surface area (Å²) in [5.41, 5.74) is 1.06. The van der Waals surface area contributed by atoms with Gasteiger partial charge in [-0.05, 0) is 25.1 Å². The van der Waals surface area contributed by atoms with Crippen molar-refractivity contribution in [1.82, 2.24) is 0 Å². The van der Waals surface area contributed by atoms with Gasteiger partial charge >= 0.3 is 0 Å². The number of hydrogen-bond donors (Lipinski definition) is 0. The second-order valence-corrected chi connectivity index (χ2v) is 6.61. The molecule has 0 bridgehead atoms. The van der Waals surface area contributed by atoms with E-state index in [-0.39, 0.29) is 5.41 Å². The second kappa shape index (κ2) is 4.23. The number of ether oxygens (including phenoxy) is 1. The van der Waals surface area contributed by atoms with Gasteiger partial charge in [0.25, 0.3) is 5.95 Å². The van der Waals surface area contributed by atoms with E-state index in [9.17, 15) is 0 Å². The van der Waals surface area contributed by atoms with Crippen molar-refractivity contribution in [2.24, 2.45) is 0 Å². The second-order valence-electron chi connectivity index (χ2n) is 4.59. The van der Waals surface area contributed by atoms with Gasteiger partial charge in [-0.2, -0.15) is 0 Å². The van der Waals surface area contributed by atoms with E-state index in [1.165, 1.54) is 10.2 Å². The molecule has 0 aliphatic heterocycles. The molecule has 2 nitrogen and oxygen atoms in total. The van der Waals surface area contributed by atoms with Gasteiger partial charge in [0, 0.05) is 0 Å². The molecule has 2 aromatic heterocycles. The Balaban J connectivity index is 2.48. The third-order valence-corrected chi connectivity index (χ3v) is 4.86. The minimum absolute atomic E-state index is 0.0753. The van der Waals surface area contributed by atoms with Crippen LogP contribution in [0.3, 0.4) is 0 Å². The first-order chi connectivity index (χ1) is 7.52. The van der Waals surface area contributed by atoms with Crippen molar-refractivity contribution in [3.05, 3.63) is 22.8 Å². The summed E-state index contributed by atoms with van der Waals surface area (Å²) in [7, 11) is 2.79. The maximum absolute atomic E-state index is 5.77. The van der Waals surface area contributed by atoms with Gasteiger partial charge in [-0.1, -0.05) is 26.8 Å². The van der Waals surface area contributed by atoms with E-state index in [0.717, 1.165) is 13.7 Å². The monoisotopic (exact) mass is 254 g/mol. The van der Waals surface area contributed by atoms with E-state index in [1.54, 1.807) is 18.4 Å². The molecule has 0 fully saturated rings. The van der Waals surface area contributed by atoms with Crippen LogP contribution < -0.4 is 4.74 Å². The summed E-state index contributed by atoms with van der Waals surface area (Å²) in [6.45, 7) is 6.53. The zero-order valence-corrected chi connectivity index (χ0v) is 11.6. The highest BCUT2D eigenvalue weighted by atomic mass is 32.1. The van der Waals surface area contributed by atoms with E-state index < -0.39 is 0 Å². The highest BCUT2D eigenvalue weighted by molar-refractivity contribution is 7.36. The summed E-state index contributed by atoms with van der Waals surface area (Å²) in [5, 5.41) is 3.27. The normalized spacial score (nSPS) is 12.2. The van der Waals surface area contributed by atoms with Crippen LogP contribution in [0.15, 0.2) is 21.9 Å². The van der Waals surface area contributed by atoms with Crippen LogP contribution in [0.25, 0.3) is 10.4 Å². The molecular weight excluding hydrogens is 239 g/mol. The van der Waals surface area contributed by atoms with Crippen LogP contribution in [-0.4, -0.2) is 7.11 Å². The Kier molecular flexibility index (Phi) is 3.09. The number of rotatable bonds is 2. The van der Waals surface area contributed by atoms with Gasteiger partial charge in [-0.25, -0.2) is 0 Å². The maximum Gasteiger partial charge on any atom is 0.293 e. The molecule has 0 spiro atoms. The Morgan fingerprint density at radius 3 is 2.56 bits per heavy atom. The minimum atomic E-state index is 0.0753.